The summed E-state index contributed by atoms with van der Waals surface area (Å²) >= 11 is 0. The summed E-state index contributed by atoms with van der Waals surface area (Å²) in [5.74, 6) is 2.70. The van der Waals surface area contributed by atoms with E-state index in [1.54, 1.807) is 6.20 Å². The summed E-state index contributed by atoms with van der Waals surface area (Å²) in [6.45, 7) is 0.969. The molecule has 2 heterocycles. The molecule has 1 aliphatic rings. The molecule has 1 fully saturated rings. The molecule has 6 heteroatoms. The first-order valence-corrected chi connectivity index (χ1v) is 8.70. The van der Waals surface area contributed by atoms with Crippen LogP contribution in [0.4, 0.5) is 0 Å². The van der Waals surface area contributed by atoms with Crippen molar-refractivity contribution in [2.45, 2.75) is 32.1 Å². The van der Waals surface area contributed by atoms with E-state index in [0.717, 1.165) is 50.3 Å². The summed E-state index contributed by atoms with van der Waals surface area (Å²) in [4.78, 5) is 4.29. The van der Waals surface area contributed by atoms with Crippen LogP contribution in [-0.2, 0) is 22.7 Å². The highest BCUT2D eigenvalue weighted by atomic mass is 32.2. The smallest absolute Gasteiger partial charge is 0.194 e. The van der Waals surface area contributed by atoms with Crippen molar-refractivity contribution in [3.05, 3.63) is 17.8 Å². The van der Waals surface area contributed by atoms with Gasteiger partial charge in [-0.2, -0.15) is 0 Å². The van der Waals surface area contributed by atoms with Crippen molar-refractivity contribution >= 4 is 9.84 Å². The molecule has 19 heavy (non-hydrogen) atoms. The fraction of sp³-hybridized carbons (Fsp3) is 0.769. The highest BCUT2D eigenvalue weighted by molar-refractivity contribution is 7.91. The fourth-order valence-electron chi connectivity index (χ4n) is 2.39. The number of sulfone groups is 1. The summed E-state index contributed by atoms with van der Waals surface area (Å²) in [5.41, 5.74) is 0. The number of nitrogens with zero attached hydrogens (tertiary/aromatic N) is 1. The normalized spacial score (nSPS) is 19.6. The molecule has 1 saturated heterocycles. The van der Waals surface area contributed by atoms with Gasteiger partial charge in [0.2, 0.25) is 0 Å². The van der Waals surface area contributed by atoms with Crippen LogP contribution in [0.15, 0.2) is 10.6 Å². The van der Waals surface area contributed by atoms with Crippen molar-refractivity contribution < 1.29 is 12.8 Å². The lowest BCUT2D eigenvalue weighted by Gasteiger charge is -2.20. The third-order valence-electron chi connectivity index (χ3n) is 3.59. The average molecular weight is 286 g/mol. The predicted octanol–water partition coefficient (Wildman–Crippen LogP) is 1.19. The van der Waals surface area contributed by atoms with E-state index in [4.69, 9.17) is 4.42 Å². The van der Waals surface area contributed by atoms with Gasteiger partial charge in [0.15, 0.2) is 5.89 Å². The minimum absolute atomic E-state index is 0.313. The molecule has 0 unspecified atom stereocenters. The van der Waals surface area contributed by atoms with Crippen LogP contribution in [0.5, 0.6) is 0 Å². The Morgan fingerprint density at radius 1 is 1.42 bits per heavy atom. The number of hydrogen-bond acceptors (Lipinski definition) is 5. The molecular weight excluding hydrogens is 264 g/mol. The van der Waals surface area contributed by atoms with E-state index in [-0.39, 0.29) is 0 Å². The fourth-order valence-corrected chi connectivity index (χ4v) is 3.98. The van der Waals surface area contributed by atoms with Crippen LogP contribution in [-0.4, -0.2) is 38.5 Å². The van der Waals surface area contributed by atoms with Gasteiger partial charge in [-0.05, 0) is 38.8 Å². The first-order valence-electron chi connectivity index (χ1n) is 6.87. The van der Waals surface area contributed by atoms with E-state index >= 15 is 0 Å². The summed E-state index contributed by atoms with van der Waals surface area (Å²) < 4.78 is 28.4. The van der Waals surface area contributed by atoms with Crippen molar-refractivity contribution in [3.63, 3.8) is 0 Å². The molecule has 0 aliphatic carbocycles. The molecule has 1 aliphatic heterocycles. The largest absolute Gasteiger partial charge is 0.446 e. The number of aryl methyl sites for hydroxylation is 1. The third-order valence-corrected chi connectivity index (χ3v) is 5.30. The van der Waals surface area contributed by atoms with Crippen LogP contribution >= 0.6 is 0 Å². The number of hydrogen-bond donors (Lipinski definition) is 1. The Labute approximate surface area is 114 Å². The molecule has 1 N–H and O–H groups in total. The Bertz CT molecular complexity index is 482. The SMILES string of the molecule is CNCCCc1cnc(CC2CCS(=O)(=O)CC2)o1. The second-order valence-electron chi connectivity index (χ2n) is 5.23. The van der Waals surface area contributed by atoms with E-state index in [1.807, 2.05) is 7.05 Å². The first kappa shape index (κ1) is 14.5. The lowest BCUT2D eigenvalue weighted by Crippen LogP contribution is -2.24. The predicted molar refractivity (Wildman–Crippen MR) is 73.8 cm³/mol. The Morgan fingerprint density at radius 3 is 2.84 bits per heavy atom. The maximum absolute atomic E-state index is 11.4. The molecule has 1 aromatic rings. The maximum Gasteiger partial charge on any atom is 0.194 e. The van der Waals surface area contributed by atoms with Crippen LogP contribution in [0.25, 0.3) is 0 Å². The van der Waals surface area contributed by atoms with Crippen LogP contribution in [0.3, 0.4) is 0 Å². The van der Waals surface area contributed by atoms with E-state index in [9.17, 15) is 8.42 Å². The lowest BCUT2D eigenvalue weighted by atomic mass is 9.99. The molecule has 5 nitrogen and oxygen atoms in total. The molecule has 0 bridgehead atoms. The minimum atomic E-state index is -2.78. The topological polar surface area (TPSA) is 72.2 Å². The minimum Gasteiger partial charge on any atom is -0.446 e. The van der Waals surface area contributed by atoms with Gasteiger partial charge in [-0.3, -0.25) is 0 Å². The second-order valence-corrected chi connectivity index (χ2v) is 7.53. The van der Waals surface area contributed by atoms with E-state index < -0.39 is 9.84 Å². The molecule has 0 saturated carbocycles. The van der Waals surface area contributed by atoms with Gasteiger partial charge >= 0.3 is 0 Å². The molecular formula is C13H22N2O3S. The van der Waals surface area contributed by atoms with Crippen LogP contribution < -0.4 is 5.32 Å². The first-order chi connectivity index (χ1) is 9.09. The highest BCUT2D eigenvalue weighted by Crippen LogP contribution is 2.23. The second kappa shape index (κ2) is 6.52. The highest BCUT2D eigenvalue weighted by Gasteiger charge is 2.24. The van der Waals surface area contributed by atoms with Crippen LogP contribution in [0.2, 0.25) is 0 Å². The lowest BCUT2D eigenvalue weighted by molar-refractivity contribution is 0.384. The number of oxazole rings is 1. The van der Waals surface area contributed by atoms with Gasteiger partial charge in [0, 0.05) is 12.8 Å². The summed E-state index contributed by atoms with van der Waals surface area (Å²) in [6.07, 6.45) is 5.96. The molecule has 0 amide bonds. The summed E-state index contributed by atoms with van der Waals surface area (Å²) in [6, 6.07) is 0. The van der Waals surface area contributed by atoms with Gasteiger partial charge in [-0.15, -0.1) is 0 Å². The number of aromatic nitrogens is 1. The van der Waals surface area contributed by atoms with Gasteiger partial charge < -0.3 is 9.73 Å². The Balaban J connectivity index is 1.80. The van der Waals surface area contributed by atoms with Crippen molar-refractivity contribution in [2.24, 2.45) is 5.92 Å². The monoisotopic (exact) mass is 286 g/mol. The summed E-state index contributed by atoms with van der Waals surface area (Å²) in [7, 11) is -0.842. The Hall–Kier alpha value is -0.880. The number of nitrogens with one attached hydrogen (secondary N) is 1. The van der Waals surface area contributed by atoms with Gasteiger partial charge in [-0.25, -0.2) is 13.4 Å². The summed E-state index contributed by atoms with van der Waals surface area (Å²) in [5, 5.41) is 3.10. The van der Waals surface area contributed by atoms with Crippen molar-refractivity contribution in [1.29, 1.82) is 0 Å². The van der Waals surface area contributed by atoms with Crippen molar-refractivity contribution in [2.75, 3.05) is 25.1 Å². The zero-order chi connectivity index (χ0) is 13.7. The molecule has 0 aromatic carbocycles. The third kappa shape index (κ3) is 4.62. The molecule has 108 valence electrons. The van der Waals surface area contributed by atoms with Gasteiger partial charge in [-0.1, -0.05) is 0 Å². The zero-order valence-electron chi connectivity index (χ0n) is 11.4. The molecule has 0 spiro atoms. The molecule has 0 radical (unpaired) electrons. The molecule has 0 atom stereocenters. The quantitative estimate of drug-likeness (QED) is 0.795. The zero-order valence-corrected chi connectivity index (χ0v) is 12.2. The molecule has 1 aromatic heterocycles. The van der Waals surface area contributed by atoms with Crippen LogP contribution in [0, 0.1) is 5.92 Å². The Morgan fingerprint density at radius 2 is 2.16 bits per heavy atom. The van der Waals surface area contributed by atoms with Crippen molar-refractivity contribution in [1.82, 2.24) is 10.3 Å². The van der Waals surface area contributed by atoms with Crippen molar-refractivity contribution in [3.8, 4) is 0 Å². The number of rotatable bonds is 6. The van der Waals surface area contributed by atoms with E-state index in [0.29, 0.717) is 17.4 Å². The molecule has 2 rings (SSSR count). The maximum atomic E-state index is 11.4. The van der Waals surface area contributed by atoms with Gasteiger partial charge in [0.25, 0.3) is 0 Å². The van der Waals surface area contributed by atoms with Gasteiger partial charge in [0.1, 0.15) is 15.6 Å². The van der Waals surface area contributed by atoms with Crippen LogP contribution in [0.1, 0.15) is 30.9 Å². The van der Waals surface area contributed by atoms with E-state index in [1.165, 1.54) is 0 Å². The van der Waals surface area contributed by atoms with Gasteiger partial charge in [0.05, 0.1) is 17.7 Å². The van der Waals surface area contributed by atoms with E-state index in [2.05, 4.69) is 10.3 Å². The average Bonchev–Trinajstić information content (AvgIpc) is 2.80. The Kier molecular flexibility index (Phi) is 4.99. The standard InChI is InChI=1S/C13H22N2O3S/c1-14-6-2-3-12-10-15-13(18-12)9-11-4-7-19(16,17)8-5-11/h10-11,14H,2-9H2,1H3.